The molecule has 1 saturated heterocycles. The highest BCUT2D eigenvalue weighted by Crippen LogP contribution is 2.42. The zero-order valence-corrected chi connectivity index (χ0v) is 11.7. The Bertz CT molecular complexity index is 651. The number of ether oxygens (including phenoxy) is 1. The van der Waals surface area contributed by atoms with Crippen LogP contribution in [-0.2, 0) is 24.5 Å². The molecular formula is C11H13N3O5S. The minimum absolute atomic E-state index is 0.342. The van der Waals surface area contributed by atoms with Gasteiger partial charge in [-0.1, -0.05) is 6.08 Å². The number of hydrogen-bond donors (Lipinski definition) is 0. The van der Waals surface area contributed by atoms with Crippen molar-refractivity contribution in [1.29, 1.82) is 0 Å². The molecule has 0 radical (unpaired) electrons. The van der Waals surface area contributed by atoms with E-state index in [1.54, 1.807) is 6.08 Å². The van der Waals surface area contributed by atoms with Crippen LogP contribution in [0.4, 0.5) is 0 Å². The molecule has 8 nitrogen and oxygen atoms in total. The van der Waals surface area contributed by atoms with Crippen LogP contribution in [0.25, 0.3) is 0 Å². The third-order valence-corrected chi connectivity index (χ3v) is 5.53. The minimum atomic E-state index is -3.77. The van der Waals surface area contributed by atoms with Crippen molar-refractivity contribution in [3.05, 3.63) is 11.8 Å². The summed E-state index contributed by atoms with van der Waals surface area (Å²) in [7, 11) is -0.985. The molecule has 2 heterocycles. The number of carbonyl (C=O) groups is 2. The molecular weight excluding hydrogens is 286 g/mol. The molecule has 0 aromatic carbocycles. The van der Waals surface area contributed by atoms with E-state index < -0.39 is 40.0 Å². The first kappa shape index (κ1) is 13.3. The van der Waals surface area contributed by atoms with Crippen LogP contribution in [0.1, 0.15) is 6.42 Å². The predicted molar refractivity (Wildman–Crippen MR) is 67.5 cm³/mol. The number of aliphatic imine (C=N–C) groups is 1. The average molecular weight is 299 g/mol. The van der Waals surface area contributed by atoms with E-state index in [9.17, 15) is 18.0 Å². The van der Waals surface area contributed by atoms with Gasteiger partial charge in [0.1, 0.15) is 12.4 Å². The highest BCUT2D eigenvalue weighted by molar-refractivity contribution is 7.87. The molecule has 2 aliphatic heterocycles. The highest BCUT2D eigenvalue weighted by Gasteiger charge is 2.56. The van der Waals surface area contributed by atoms with Gasteiger partial charge in [-0.25, -0.2) is 9.30 Å². The average Bonchev–Trinajstić information content (AvgIpc) is 2.91. The molecule has 0 saturated carbocycles. The maximum Gasteiger partial charge on any atom is 0.320 e. The number of hydrogen-bond acceptors (Lipinski definition) is 6. The standard InChI is InChI=1S/C11H13N3O5S/c1-13(2)20(17,18)14-5-12-7-4-3-6-8(9(7)14)11(16)19-10(6)15/h4-6,8-9H,3H2,1-2H3. The molecule has 9 heteroatoms. The molecule has 0 N–H and O–H groups in total. The number of allylic oxidation sites excluding steroid dienone is 1. The number of nitrogens with zero attached hydrogens (tertiary/aromatic N) is 3. The van der Waals surface area contributed by atoms with Gasteiger partial charge in [0.25, 0.3) is 0 Å². The van der Waals surface area contributed by atoms with Crippen LogP contribution in [0.5, 0.6) is 0 Å². The van der Waals surface area contributed by atoms with Crippen molar-refractivity contribution in [3.63, 3.8) is 0 Å². The fourth-order valence-corrected chi connectivity index (χ4v) is 3.77. The lowest BCUT2D eigenvalue weighted by molar-refractivity contribution is -0.153. The SMILES string of the molecule is CN(C)S(=O)(=O)N1C=NC2=CCC3C(=O)OC(=O)C3C21. The van der Waals surface area contributed by atoms with Gasteiger partial charge in [-0.2, -0.15) is 12.7 Å². The summed E-state index contributed by atoms with van der Waals surface area (Å²) in [6.45, 7) is 0. The van der Waals surface area contributed by atoms with E-state index in [1.807, 2.05) is 0 Å². The first-order valence-electron chi connectivity index (χ1n) is 6.05. The molecule has 3 rings (SSSR count). The molecule has 1 fully saturated rings. The Kier molecular flexibility index (Phi) is 2.73. The summed E-state index contributed by atoms with van der Waals surface area (Å²) >= 11 is 0. The van der Waals surface area contributed by atoms with Gasteiger partial charge >= 0.3 is 22.1 Å². The Hall–Kier alpha value is -1.74. The number of esters is 2. The number of fused-ring (bicyclic) bond motifs is 3. The third-order valence-electron chi connectivity index (χ3n) is 3.76. The highest BCUT2D eigenvalue weighted by atomic mass is 32.2. The van der Waals surface area contributed by atoms with Crippen LogP contribution in [0.3, 0.4) is 0 Å². The topological polar surface area (TPSA) is 96.4 Å². The number of carbonyl (C=O) groups excluding carboxylic acids is 2. The maximum atomic E-state index is 12.3. The molecule has 0 bridgehead atoms. The Morgan fingerprint density at radius 3 is 2.70 bits per heavy atom. The maximum absolute atomic E-state index is 12.3. The van der Waals surface area contributed by atoms with Crippen molar-refractivity contribution < 1.29 is 22.7 Å². The summed E-state index contributed by atoms with van der Waals surface area (Å²) in [5.74, 6) is -2.72. The lowest BCUT2D eigenvalue weighted by Crippen LogP contribution is -2.49. The van der Waals surface area contributed by atoms with Crippen LogP contribution in [0.15, 0.2) is 16.8 Å². The van der Waals surface area contributed by atoms with Crippen molar-refractivity contribution in [2.45, 2.75) is 12.5 Å². The molecule has 3 atom stereocenters. The second-order valence-corrected chi connectivity index (χ2v) is 7.09. The van der Waals surface area contributed by atoms with Gasteiger partial charge in [0.15, 0.2) is 0 Å². The Morgan fingerprint density at radius 1 is 1.35 bits per heavy atom. The summed E-state index contributed by atoms with van der Waals surface area (Å²) in [5, 5.41) is 0. The fraction of sp³-hybridized carbons (Fsp3) is 0.545. The molecule has 108 valence electrons. The zero-order valence-electron chi connectivity index (χ0n) is 10.9. The molecule has 0 amide bonds. The number of cyclic esters (lactones) is 2. The van der Waals surface area contributed by atoms with E-state index in [0.29, 0.717) is 12.1 Å². The van der Waals surface area contributed by atoms with Gasteiger partial charge in [0.2, 0.25) is 0 Å². The quantitative estimate of drug-likeness (QED) is 0.487. The molecule has 3 unspecified atom stereocenters. The van der Waals surface area contributed by atoms with Crippen LogP contribution < -0.4 is 0 Å². The van der Waals surface area contributed by atoms with Crippen LogP contribution >= 0.6 is 0 Å². The Morgan fingerprint density at radius 2 is 2.05 bits per heavy atom. The van der Waals surface area contributed by atoms with Gasteiger partial charge in [-0.15, -0.1) is 0 Å². The van der Waals surface area contributed by atoms with Gasteiger partial charge < -0.3 is 4.74 Å². The predicted octanol–water partition coefficient (Wildman–Crippen LogP) is -0.891. The van der Waals surface area contributed by atoms with Crippen molar-refractivity contribution in [2.75, 3.05) is 14.1 Å². The van der Waals surface area contributed by atoms with Crippen molar-refractivity contribution >= 4 is 28.5 Å². The van der Waals surface area contributed by atoms with Crippen molar-refractivity contribution in [1.82, 2.24) is 8.61 Å². The second kappa shape index (κ2) is 4.13. The van der Waals surface area contributed by atoms with E-state index >= 15 is 0 Å². The smallest absolute Gasteiger partial charge is 0.320 e. The zero-order chi connectivity index (χ0) is 14.7. The van der Waals surface area contributed by atoms with E-state index in [-0.39, 0.29) is 0 Å². The van der Waals surface area contributed by atoms with Crippen LogP contribution in [0, 0.1) is 11.8 Å². The summed E-state index contributed by atoms with van der Waals surface area (Å²) in [5.41, 5.74) is 0.489. The van der Waals surface area contributed by atoms with Gasteiger partial charge in [-0.05, 0) is 6.42 Å². The molecule has 20 heavy (non-hydrogen) atoms. The third kappa shape index (κ3) is 1.63. The van der Waals surface area contributed by atoms with E-state index in [1.165, 1.54) is 20.4 Å². The Labute approximate surface area is 115 Å². The lowest BCUT2D eigenvalue weighted by atomic mass is 9.80. The summed E-state index contributed by atoms with van der Waals surface area (Å²) in [6, 6.07) is -0.792. The molecule has 1 aliphatic carbocycles. The summed E-state index contributed by atoms with van der Waals surface area (Å²) < 4.78 is 31.2. The summed E-state index contributed by atoms with van der Waals surface area (Å²) in [6.07, 6.45) is 3.21. The Balaban J connectivity index is 2.04. The molecule has 0 spiro atoms. The molecule has 3 aliphatic rings. The molecule has 0 aromatic heterocycles. The van der Waals surface area contributed by atoms with Crippen molar-refractivity contribution in [2.24, 2.45) is 16.8 Å². The number of rotatable bonds is 2. The van der Waals surface area contributed by atoms with E-state index in [4.69, 9.17) is 0 Å². The van der Waals surface area contributed by atoms with Gasteiger partial charge in [0.05, 0.1) is 17.5 Å². The van der Waals surface area contributed by atoms with Crippen molar-refractivity contribution in [3.8, 4) is 0 Å². The first-order chi connectivity index (χ1) is 9.34. The van der Waals surface area contributed by atoms with Crippen LogP contribution in [0.2, 0.25) is 0 Å². The normalized spacial score (nSPS) is 32.2. The van der Waals surface area contributed by atoms with Gasteiger partial charge in [-0.3, -0.25) is 9.59 Å². The second-order valence-electron chi connectivity index (χ2n) is 5.05. The molecule has 0 aromatic rings. The monoisotopic (exact) mass is 299 g/mol. The summed E-state index contributed by atoms with van der Waals surface area (Å²) in [4.78, 5) is 27.5. The van der Waals surface area contributed by atoms with Crippen LogP contribution in [-0.4, -0.2) is 55.4 Å². The van der Waals surface area contributed by atoms with Gasteiger partial charge in [0, 0.05) is 14.1 Å². The fourth-order valence-electron chi connectivity index (χ4n) is 2.70. The minimum Gasteiger partial charge on any atom is -0.393 e. The lowest BCUT2D eigenvalue weighted by Gasteiger charge is -2.32. The van der Waals surface area contributed by atoms with E-state index in [0.717, 1.165) is 8.61 Å². The first-order valence-corrected chi connectivity index (χ1v) is 7.44. The largest absolute Gasteiger partial charge is 0.393 e. The van der Waals surface area contributed by atoms with E-state index in [2.05, 4.69) is 9.73 Å².